The first-order chi connectivity index (χ1) is 12.1. The third kappa shape index (κ3) is 4.79. The van der Waals surface area contributed by atoms with Crippen LogP contribution in [0.25, 0.3) is 0 Å². The summed E-state index contributed by atoms with van der Waals surface area (Å²) in [7, 11) is -3.30. The van der Waals surface area contributed by atoms with E-state index in [9.17, 15) is 13.2 Å². The van der Waals surface area contributed by atoms with Crippen molar-refractivity contribution < 1.29 is 13.2 Å². The van der Waals surface area contributed by atoms with Gasteiger partial charge in [-0.05, 0) is 25.0 Å². The first kappa shape index (κ1) is 18.3. The first-order valence-electron chi connectivity index (χ1n) is 9.23. The molecule has 0 aromatic carbocycles. The summed E-state index contributed by atoms with van der Waals surface area (Å²) < 4.78 is 26.6. The molecule has 2 fully saturated rings. The molecule has 1 aromatic heterocycles. The van der Waals surface area contributed by atoms with Crippen molar-refractivity contribution in [2.75, 3.05) is 31.9 Å². The minimum Gasteiger partial charge on any atom is -0.340 e. The standard InChI is InChI=1S/C18H27N3O3S/c22-18(16-6-2-1-3-7-16)20-11-13-21(14-12-20)25(23,24)15-9-17-8-4-5-10-19-17/h4-5,8,10,16H,1-3,6-7,9,11-15H2. The highest BCUT2D eigenvalue weighted by atomic mass is 32.2. The molecule has 1 amide bonds. The van der Waals surface area contributed by atoms with Gasteiger partial charge in [0.25, 0.3) is 0 Å². The molecule has 0 spiro atoms. The van der Waals surface area contributed by atoms with E-state index in [2.05, 4.69) is 4.98 Å². The smallest absolute Gasteiger partial charge is 0.225 e. The maximum atomic E-state index is 12.6. The quantitative estimate of drug-likeness (QED) is 0.796. The molecular weight excluding hydrogens is 338 g/mol. The first-order valence-corrected chi connectivity index (χ1v) is 10.8. The summed E-state index contributed by atoms with van der Waals surface area (Å²) in [6.45, 7) is 1.84. The minimum absolute atomic E-state index is 0.0700. The second-order valence-electron chi connectivity index (χ2n) is 6.95. The molecule has 138 valence electrons. The van der Waals surface area contributed by atoms with Crippen molar-refractivity contribution in [3.05, 3.63) is 30.1 Å². The van der Waals surface area contributed by atoms with Crippen molar-refractivity contribution in [2.45, 2.75) is 38.5 Å². The zero-order chi connectivity index (χ0) is 17.7. The van der Waals surface area contributed by atoms with Crippen molar-refractivity contribution in [1.29, 1.82) is 0 Å². The number of pyridine rings is 1. The Hall–Kier alpha value is -1.47. The average Bonchev–Trinajstić information content (AvgIpc) is 2.67. The molecule has 0 unspecified atom stereocenters. The van der Waals surface area contributed by atoms with Crippen LogP contribution in [0.4, 0.5) is 0 Å². The number of carbonyl (C=O) groups is 1. The molecule has 7 heteroatoms. The highest BCUT2D eigenvalue weighted by Gasteiger charge is 2.31. The Balaban J connectivity index is 1.49. The van der Waals surface area contributed by atoms with Gasteiger partial charge in [-0.2, -0.15) is 4.31 Å². The van der Waals surface area contributed by atoms with Crippen LogP contribution in [0, 0.1) is 5.92 Å². The third-order valence-corrected chi connectivity index (χ3v) is 7.11. The van der Waals surface area contributed by atoms with E-state index >= 15 is 0 Å². The van der Waals surface area contributed by atoms with Crippen molar-refractivity contribution in [1.82, 2.24) is 14.2 Å². The summed E-state index contributed by atoms with van der Waals surface area (Å²) in [5.41, 5.74) is 0.789. The predicted molar refractivity (Wildman–Crippen MR) is 96.5 cm³/mol. The maximum Gasteiger partial charge on any atom is 0.225 e. The number of nitrogens with zero attached hydrogens (tertiary/aromatic N) is 3. The maximum absolute atomic E-state index is 12.6. The number of amides is 1. The zero-order valence-electron chi connectivity index (χ0n) is 14.6. The van der Waals surface area contributed by atoms with Crippen molar-refractivity contribution in [2.24, 2.45) is 5.92 Å². The number of sulfonamides is 1. The Morgan fingerprint density at radius 1 is 1.08 bits per heavy atom. The van der Waals surface area contributed by atoms with Gasteiger partial charge in [-0.25, -0.2) is 8.42 Å². The number of hydrogen-bond donors (Lipinski definition) is 0. The van der Waals surface area contributed by atoms with Gasteiger partial charge in [-0.1, -0.05) is 25.3 Å². The fourth-order valence-corrected chi connectivity index (χ4v) is 5.15. The highest BCUT2D eigenvalue weighted by molar-refractivity contribution is 7.89. The average molecular weight is 365 g/mol. The van der Waals surface area contributed by atoms with Gasteiger partial charge in [-0.3, -0.25) is 9.78 Å². The Kier molecular flexibility index (Phi) is 6.06. The van der Waals surface area contributed by atoms with Gasteiger partial charge in [0, 0.05) is 50.4 Å². The molecule has 2 aliphatic rings. The molecule has 0 atom stereocenters. The van der Waals surface area contributed by atoms with Crippen LogP contribution in [0.2, 0.25) is 0 Å². The molecule has 1 saturated heterocycles. The predicted octanol–water partition coefficient (Wildman–Crippen LogP) is 1.68. The second-order valence-corrected chi connectivity index (χ2v) is 9.03. The summed E-state index contributed by atoms with van der Waals surface area (Å²) >= 11 is 0. The van der Waals surface area contributed by atoms with E-state index in [4.69, 9.17) is 0 Å². The molecule has 2 heterocycles. The molecular formula is C18H27N3O3S. The van der Waals surface area contributed by atoms with E-state index in [0.717, 1.165) is 31.4 Å². The molecule has 0 bridgehead atoms. The number of carbonyl (C=O) groups excluding carboxylic acids is 1. The lowest BCUT2D eigenvalue weighted by Gasteiger charge is -2.36. The highest BCUT2D eigenvalue weighted by Crippen LogP contribution is 2.26. The SMILES string of the molecule is O=C(C1CCCCC1)N1CCN(S(=O)(=O)CCc2ccccn2)CC1. The summed E-state index contributed by atoms with van der Waals surface area (Å²) in [5.74, 6) is 0.451. The van der Waals surface area contributed by atoms with Gasteiger partial charge < -0.3 is 4.90 Å². The number of rotatable bonds is 5. The largest absolute Gasteiger partial charge is 0.340 e. The van der Waals surface area contributed by atoms with Crippen LogP contribution in [0.3, 0.4) is 0 Å². The minimum atomic E-state index is -3.30. The lowest BCUT2D eigenvalue weighted by atomic mass is 9.88. The van der Waals surface area contributed by atoms with Crippen molar-refractivity contribution in [3.63, 3.8) is 0 Å². The number of aromatic nitrogens is 1. The molecule has 1 saturated carbocycles. The summed E-state index contributed by atoms with van der Waals surface area (Å²) in [6, 6.07) is 5.53. The van der Waals surface area contributed by atoms with E-state index in [-0.39, 0.29) is 17.6 Å². The van der Waals surface area contributed by atoms with Crippen LogP contribution in [-0.4, -0.2) is 60.4 Å². The van der Waals surface area contributed by atoms with Gasteiger partial charge in [0.2, 0.25) is 15.9 Å². The molecule has 1 aliphatic heterocycles. The summed E-state index contributed by atoms with van der Waals surface area (Å²) in [4.78, 5) is 18.6. The normalized spacial score (nSPS) is 20.6. The number of aryl methyl sites for hydroxylation is 1. The Bertz CT molecular complexity index is 664. The van der Waals surface area contributed by atoms with Crippen LogP contribution in [0.1, 0.15) is 37.8 Å². The zero-order valence-corrected chi connectivity index (χ0v) is 15.5. The Labute approximate surface area is 150 Å². The molecule has 25 heavy (non-hydrogen) atoms. The summed E-state index contributed by atoms with van der Waals surface area (Å²) in [5, 5.41) is 0. The van der Waals surface area contributed by atoms with E-state index in [1.807, 2.05) is 23.1 Å². The van der Waals surface area contributed by atoms with E-state index in [0.29, 0.717) is 32.6 Å². The lowest BCUT2D eigenvalue weighted by Crippen LogP contribution is -2.52. The van der Waals surface area contributed by atoms with Gasteiger partial charge in [0.1, 0.15) is 0 Å². The molecule has 3 rings (SSSR count). The molecule has 0 N–H and O–H groups in total. The van der Waals surface area contributed by atoms with Gasteiger partial charge in [0.05, 0.1) is 5.75 Å². The second kappa shape index (κ2) is 8.27. The lowest BCUT2D eigenvalue weighted by molar-refractivity contribution is -0.137. The van der Waals surface area contributed by atoms with E-state index < -0.39 is 10.0 Å². The molecule has 0 radical (unpaired) electrons. The molecule has 1 aromatic rings. The molecule has 6 nitrogen and oxygen atoms in total. The summed E-state index contributed by atoms with van der Waals surface area (Å²) in [6.07, 6.45) is 7.58. The van der Waals surface area contributed by atoms with E-state index in [1.165, 1.54) is 10.7 Å². The van der Waals surface area contributed by atoms with Crippen LogP contribution >= 0.6 is 0 Å². The van der Waals surface area contributed by atoms with Gasteiger partial charge >= 0.3 is 0 Å². The Morgan fingerprint density at radius 3 is 2.44 bits per heavy atom. The number of piperazine rings is 1. The van der Waals surface area contributed by atoms with Crippen LogP contribution in [0.15, 0.2) is 24.4 Å². The van der Waals surface area contributed by atoms with Crippen LogP contribution in [0.5, 0.6) is 0 Å². The Morgan fingerprint density at radius 2 is 1.80 bits per heavy atom. The molecule has 1 aliphatic carbocycles. The monoisotopic (exact) mass is 365 g/mol. The fourth-order valence-electron chi connectivity index (χ4n) is 3.70. The van der Waals surface area contributed by atoms with Gasteiger partial charge in [-0.15, -0.1) is 0 Å². The van der Waals surface area contributed by atoms with Crippen molar-refractivity contribution >= 4 is 15.9 Å². The van der Waals surface area contributed by atoms with Gasteiger partial charge in [0.15, 0.2) is 0 Å². The number of hydrogen-bond acceptors (Lipinski definition) is 4. The van der Waals surface area contributed by atoms with Crippen LogP contribution < -0.4 is 0 Å². The fraction of sp³-hybridized carbons (Fsp3) is 0.667. The third-order valence-electron chi connectivity index (χ3n) is 5.24. The van der Waals surface area contributed by atoms with Crippen LogP contribution in [-0.2, 0) is 21.2 Å². The topological polar surface area (TPSA) is 70.6 Å². The van der Waals surface area contributed by atoms with E-state index in [1.54, 1.807) is 6.20 Å². The van der Waals surface area contributed by atoms with Crippen molar-refractivity contribution in [3.8, 4) is 0 Å².